The zero-order valence-corrected chi connectivity index (χ0v) is 11.7. The Balaban J connectivity index is 2.40. The highest BCUT2D eigenvalue weighted by Crippen LogP contribution is 2.18. The number of aryl methyl sites for hydroxylation is 1. The minimum absolute atomic E-state index is 0.134. The number of benzene rings is 1. The number of methoxy groups -OCH3 is 1. The fourth-order valence-corrected chi connectivity index (χ4v) is 1.89. The number of carbonyl (C=O) groups is 1. The second-order valence-corrected chi connectivity index (χ2v) is 5.00. The zero-order chi connectivity index (χ0) is 13.5. The van der Waals surface area contributed by atoms with Crippen molar-refractivity contribution >= 4 is 5.91 Å². The highest BCUT2D eigenvalue weighted by atomic mass is 16.5. The summed E-state index contributed by atoms with van der Waals surface area (Å²) >= 11 is 0. The van der Waals surface area contributed by atoms with Crippen LogP contribution in [-0.4, -0.2) is 19.6 Å². The summed E-state index contributed by atoms with van der Waals surface area (Å²) in [6, 6.07) is 6.12. The van der Waals surface area contributed by atoms with Crippen molar-refractivity contribution in [2.45, 2.75) is 33.6 Å². The van der Waals surface area contributed by atoms with E-state index in [1.807, 2.05) is 32.9 Å². The van der Waals surface area contributed by atoms with Crippen LogP contribution in [-0.2, 0) is 11.2 Å². The van der Waals surface area contributed by atoms with Gasteiger partial charge in [0.15, 0.2) is 0 Å². The largest absolute Gasteiger partial charge is 0.496 e. The normalized spacial score (nSPS) is 10.5. The van der Waals surface area contributed by atoms with Gasteiger partial charge in [-0.1, -0.05) is 26.0 Å². The minimum Gasteiger partial charge on any atom is -0.496 e. The number of nitrogens with one attached hydrogen (secondary N) is 1. The lowest BCUT2D eigenvalue weighted by Crippen LogP contribution is -2.26. The summed E-state index contributed by atoms with van der Waals surface area (Å²) in [7, 11) is 1.67. The highest BCUT2D eigenvalue weighted by molar-refractivity contribution is 5.76. The monoisotopic (exact) mass is 249 g/mol. The van der Waals surface area contributed by atoms with Crippen molar-refractivity contribution in [3.8, 4) is 5.75 Å². The van der Waals surface area contributed by atoms with Crippen molar-refractivity contribution in [2.24, 2.45) is 5.92 Å². The van der Waals surface area contributed by atoms with Gasteiger partial charge in [0.1, 0.15) is 5.75 Å². The molecule has 0 saturated heterocycles. The molecule has 0 bridgehead atoms. The van der Waals surface area contributed by atoms with E-state index < -0.39 is 0 Å². The van der Waals surface area contributed by atoms with Crippen molar-refractivity contribution in [1.82, 2.24) is 5.32 Å². The Labute approximate surface area is 110 Å². The van der Waals surface area contributed by atoms with E-state index in [4.69, 9.17) is 4.74 Å². The van der Waals surface area contributed by atoms with Crippen molar-refractivity contribution in [1.29, 1.82) is 0 Å². The molecule has 3 nitrogen and oxygen atoms in total. The highest BCUT2D eigenvalue weighted by Gasteiger charge is 2.04. The second-order valence-electron chi connectivity index (χ2n) is 5.00. The molecule has 18 heavy (non-hydrogen) atoms. The van der Waals surface area contributed by atoms with Crippen LogP contribution in [0.1, 0.15) is 31.4 Å². The SMILES string of the molecule is COc1ccc(CCNC(=O)CC(C)C)cc1C. The molecular formula is C15H23NO2. The molecule has 0 spiro atoms. The average molecular weight is 249 g/mol. The van der Waals surface area contributed by atoms with Crippen LogP contribution in [0, 0.1) is 12.8 Å². The summed E-state index contributed by atoms with van der Waals surface area (Å²) < 4.78 is 5.22. The van der Waals surface area contributed by atoms with Crippen LogP contribution < -0.4 is 10.1 Å². The van der Waals surface area contributed by atoms with E-state index in [1.165, 1.54) is 5.56 Å². The Bertz CT molecular complexity index is 399. The van der Waals surface area contributed by atoms with Crippen molar-refractivity contribution in [3.05, 3.63) is 29.3 Å². The van der Waals surface area contributed by atoms with Gasteiger partial charge >= 0.3 is 0 Å². The first-order valence-electron chi connectivity index (χ1n) is 6.43. The van der Waals surface area contributed by atoms with E-state index in [0.717, 1.165) is 17.7 Å². The van der Waals surface area contributed by atoms with E-state index in [9.17, 15) is 4.79 Å². The van der Waals surface area contributed by atoms with E-state index in [0.29, 0.717) is 18.9 Å². The Hall–Kier alpha value is -1.51. The predicted molar refractivity (Wildman–Crippen MR) is 73.9 cm³/mol. The summed E-state index contributed by atoms with van der Waals surface area (Å²) in [5.74, 6) is 1.45. The molecule has 0 aliphatic heterocycles. The first-order chi connectivity index (χ1) is 8.52. The quantitative estimate of drug-likeness (QED) is 0.842. The number of carbonyl (C=O) groups excluding carboxylic acids is 1. The molecule has 1 rings (SSSR count). The molecule has 100 valence electrons. The summed E-state index contributed by atoms with van der Waals surface area (Å²) in [5, 5.41) is 2.94. The fraction of sp³-hybridized carbons (Fsp3) is 0.533. The van der Waals surface area contributed by atoms with Gasteiger partial charge in [-0.2, -0.15) is 0 Å². The van der Waals surface area contributed by atoms with Crippen LogP contribution in [0.2, 0.25) is 0 Å². The standard InChI is InChI=1S/C15H23NO2/c1-11(2)9-15(17)16-8-7-13-5-6-14(18-4)12(3)10-13/h5-6,10-11H,7-9H2,1-4H3,(H,16,17). The van der Waals surface area contributed by atoms with Crippen molar-refractivity contribution in [2.75, 3.05) is 13.7 Å². The Morgan fingerprint density at radius 2 is 2.11 bits per heavy atom. The molecule has 0 aliphatic rings. The Morgan fingerprint density at radius 1 is 1.39 bits per heavy atom. The van der Waals surface area contributed by atoms with Crippen LogP contribution in [0.5, 0.6) is 5.75 Å². The summed E-state index contributed by atoms with van der Waals surface area (Å²) in [6.07, 6.45) is 1.45. The number of hydrogen-bond acceptors (Lipinski definition) is 2. The molecule has 1 N–H and O–H groups in total. The molecule has 1 aromatic carbocycles. The van der Waals surface area contributed by atoms with E-state index in [-0.39, 0.29) is 5.91 Å². The third-order valence-corrected chi connectivity index (χ3v) is 2.79. The van der Waals surface area contributed by atoms with Crippen LogP contribution in [0.4, 0.5) is 0 Å². The molecule has 0 fully saturated rings. The van der Waals surface area contributed by atoms with E-state index in [2.05, 4.69) is 11.4 Å². The molecule has 3 heteroatoms. The maximum atomic E-state index is 11.5. The van der Waals surface area contributed by atoms with Crippen molar-refractivity contribution < 1.29 is 9.53 Å². The minimum atomic E-state index is 0.134. The molecule has 0 radical (unpaired) electrons. The first-order valence-corrected chi connectivity index (χ1v) is 6.43. The molecule has 0 unspecified atom stereocenters. The second kappa shape index (κ2) is 7.04. The lowest BCUT2D eigenvalue weighted by molar-refractivity contribution is -0.121. The van der Waals surface area contributed by atoms with Gasteiger partial charge in [-0.3, -0.25) is 4.79 Å². The molecule has 0 heterocycles. The number of amides is 1. The van der Waals surface area contributed by atoms with Gasteiger partial charge in [-0.25, -0.2) is 0 Å². The lowest BCUT2D eigenvalue weighted by atomic mass is 10.1. The molecule has 0 aliphatic carbocycles. The van der Waals surface area contributed by atoms with E-state index in [1.54, 1.807) is 7.11 Å². The predicted octanol–water partition coefficient (Wildman–Crippen LogP) is 2.71. The van der Waals surface area contributed by atoms with Gasteiger partial charge in [0.05, 0.1) is 7.11 Å². The van der Waals surface area contributed by atoms with Gasteiger partial charge in [-0.15, -0.1) is 0 Å². The molecule has 0 atom stereocenters. The Morgan fingerprint density at radius 3 is 2.67 bits per heavy atom. The molecule has 1 aromatic rings. The smallest absolute Gasteiger partial charge is 0.220 e. The number of rotatable bonds is 6. The molecular weight excluding hydrogens is 226 g/mol. The van der Waals surface area contributed by atoms with Gasteiger partial charge in [0.2, 0.25) is 5.91 Å². The van der Waals surface area contributed by atoms with E-state index >= 15 is 0 Å². The van der Waals surface area contributed by atoms with Crippen LogP contribution in [0.15, 0.2) is 18.2 Å². The van der Waals surface area contributed by atoms with Gasteiger partial charge in [-0.05, 0) is 36.5 Å². The number of hydrogen-bond donors (Lipinski definition) is 1. The first kappa shape index (κ1) is 14.6. The van der Waals surface area contributed by atoms with Crippen LogP contribution in [0.25, 0.3) is 0 Å². The fourth-order valence-electron chi connectivity index (χ4n) is 1.89. The summed E-state index contributed by atoms with van der Waals surface area (Å²) in [4.78, 5) is 11.5. The third-order valence-electron chi connectivity index (χ3n) is 2.79. The number of ether oxygens (including phenoxy) is 1. The average Bonchev–Trinajstić information content (AvgIpc) is 2.28. The zero-order valence-electron chi connectivity index (χ0n) is 11.7. The van der Waals surface area contributed by atoms with Gasteiger partial charge < -0.3 is 10.1 Å². The van der Waals surface area contributed by atoms with Gasteiger partial charge in [0.25, 0.3) is 0 Å². The Kier molecular flexibility index (Phi) is 5.69. The van der Waals surface area contributed by atoms with Gasteiger partial charge in [0, 0.05) is 13.0 Å². The molecule has 0 aromatic heterocycles. The maximum absolute atomic E-state index is 11.5. The molecule has 1 amide bonds. The summed E-state index contributed by atoms with van der Waals surface area (Å²) in [5.41, 5.74) is 2.35. The topological polar surface area (TPSA) is 38.3 Å². The third kappa shape index (κ3) is 4.78. The lowest BCUT2D eigenvalue weighted by Gasteiger charge is -2.09. The van der Waals surface area contributed by atoms with Crippen LogP contribution >= 0.6 is 0 Å². The maximum Gasteiger partial charge on any atom is 0.220 e. The molecule has 0 saturated carbocycles. The van der Waals surface area contributed by atoms with Crippen LogP contribution in [0.3, 0.4) is 0 Å². The summed E-state index contributed by atoms with van der Waals surface area (Å²) in [6.45, 7) is 6.82. The van der Waals surface area contributed by atoms with Crippen molar-refractivity contribution in [3.63, 3.8) is 0 Å².